The summed E-state index contributed by atoms with van der Waals surface area (Å²) in [6, 6.07) is 9.15. The molecule has 7 nitrogen and oxygen atoms in total. The number of nitrogens with zero attached hydrogens (tertiary/aromatic N) is 2. The third-order valence-corrected chi connectivity index (χ3v) is 4.31. The average molecular weight is 376 g/mol. The number of nitro benzene ring substituents is 1. The molecule has 0 unspecified atom stereocenters. The van der Waals surface area contributed by atoms with Gasteiger partial charge in [-0.1, -0.05) is 23.7 Å². The van der Waals surface area contributed by atoms with Gasteiger partial charge in [-0.15, -0.1) is 0 Å². The van der Waals surface area contributed by atoms with Crippen molar-refractivity contribution in [2.75, 3.05) is 18.9 Å². The first kappa shape index (κ1) is 19.4. The quantitative estimate of drug-likeness (QED) is 0.638. The molecular formula is C18H18ClN3O4. The molecule has 0 radical (unpaired) electrons. The Morgan fingerprint density at radius 3 is 2.54 bits per heavy atom. The molecule has 0 aromatic heterocycles. The van der Waals surface area contributed by atoms with Crippen molar-refractivity contribution in [1.29, 1.82) is 0 Å². The van der Waals surface area contributed by atoms with E-state index in [0.717, 1.165) is 17.2 Å². The number of nitro groups is 1. The zero-order valence-corrected chi connectivity index (χ0v) is 15.3. The van der Waals surface area contributed by atoms with Gasteiger partial charge in [0.2, 0.25) is 5.91 Å². The Hall–Kier alpha value is -2.93. The normalized spacial score (nSPS) is 10.3. The van der Waals surface area contributed by atoms with Crippen LogP contribution in [0.25, 0.3) is 0 Å². The topological polar surface area (TPSA) is 92.6 Å². The van der Waals surface area contributed by atoms with Crippen LogP contribution in [-0.4, -0.2) is 35.2 Å². The summed E-state index contributed by atoms with van der Waals surface area (Å²) in [4.78, 5) is 36.0. The lowest BCUT2D eigenvalue weighted by atomic mass is 10.1. The van der Waals surface area contributed by atoms with Gasteiger partial charge < -0.3 is 10.2 Å². The number of anilines is 1. The monoisotopic (exact) mass is 375 g/mol. The van der Waals surface area contributed by atoms with Crippen molar-refractivity contribution >= 4 is 34.8 Å². The van der Waals surface area contributed by atoms with Gasteiger partial charge in [0, 0.05) is 24.9 Å². The van der Waals surface area contributed by atoms with E-state index in [1.165, 1.54) is 24.1 Å². The number of non-ortho nitro benzene ring substituents is 1. The van der Waals surface area contributed by atoms with E-state index in [4.69, 9.17) is 11.6 Å². The number of carbonyl (C=O) groups excluding carboxylic acids is 2. The molecule has 0 aliphatic carbocycles. The number of halogens is 1. The first-order valence-corrected chi connectivity index (χ1v) is 8.14. The number of amides is 2. The molecule has 1 N–H and O–H groups in total. The Balaban J connectivity index is 2.08. The lowest BCUT2D eigenvalue weighted by molar-refractivity contribution is -0.384. The minimum absolute atomic E-state index is 0.0361. The summed E-state index contributed by atoms with van der Waals surface area (Å²) >= 11 is 5.96. The first-order chi connectivity index (χ1) is 12.2. The average Bonchev–Trinajstić information content (AvgIpc) is 2.58. The van der Waals surface area contributed by atoms with Crippen LogP contribution >= 0.6 is 11.6 Å². The maximum Gasteiger partial charge on any atom is 0.270 e. The van der Waals surface area contributed by atoms with E-state index in [0.29, 0.717) is 5.69 Å². The number of carbonyl (C=O) groups is 2. The van der Waals surface area contributed by atoms with Gasteiger partial charge >= 0.3 is 0 Å². The molecule has 0 bridgehead atoms. The SMILES string of the molecule is Cc1cccc(NC(=O)CN(C)C(=O)c2ccc([N+](=O)[O-])cc2Cl)c1C. The Morgan fingerprint density at radius 2 is 1.92 bits per heavy atom. The Labute approximate surface area is 155 Å². The molecule has 0 fully saturated rings. The Kier molecular flexibility index (Phi) is 5.94. The van der Waals surface area contributed by atoms with Gasteiger partial charge in [-0.25, -0.2) is 0 Å². The van der Waals surface area contributed by atoms with E-state index in [-0.39, 0.29) is 28.7 Å². The second kappa shape index (κ2) is 7.97. The summed E-state index contributed by atoms with van der Waals surface area (Å²) in [5, 5.41) is 13.5. The smallest absolute Gasteiger partial charge is 0.270 e. The highest BCUT2D eigenvalue weighted by Crippen LogP contribution is 2.23. The molecule has 0 spiro atoms. The molecule has 0 atom stereocenters. The lowest BCUT2D eigenvalue weighted by Gasteiger charge is -2.18. The highest BCUT2D eigenvalue weighted by molar-refractivity contribution is 6.34. The molecule has 8 heteroatoms. The highest BCUT2D eigenvalue weighted by atomic mass is 35.5. The molecule has 0 saturated heterocycles. The Bertz CT molecular complexity index is 883. The van der Waals surface area contributed by atoms with E-state index >= 15 is 0 Å². The van der Waals surface area contributed by atoms with Crippen molar-refractivity contribution in [1.82, 2.24) is 4.90 Å². The van der Waals surface area contributed by atoms with Crippen LogP contribution in [0.4, 0.5) is 11.4 Å². The van der Waals surface area contributed by atoms with Gasteiger partial charge in [0.25, 0.3) is 11.6 Å². The summed E-state index contributed by atoms with van der Waals surface area (Å²) in [5.74, 6) is -0.853. The fraction of sp³-hybridized carbons (Fsp3) is 0.222. The number of nitrogens with one attached hydrogen (secondary N) is 1. The van der Waals surface area contributed by atoms with E-state index in [1.54, 1.807) is 6.07 Å². The summed E-state index contributed by atoms with van der Waals surface area (Å²) < 4.78 is 0. The van der Waals surface area contributed by atoms with Crippen LogP contribution in [0, 0.1) is 24.0 Å². The Morgan fingerprint density at radius 1 is 1.23 bits per heavy atom. The van der Waals surface area contributed by atoms with E-state index in [1.807, 2.05) is 26.0 Å². The van der Waals surface area contributed by atoms with Crippen molar-refractivity contribution < 1.29 is 14.5 Å². The molecule has 0 aliphatic heterocycles. The van der Waals surface area contributed by atoms with Crippen molar-refractivity contribution in [3.05, 3.63) is 68.2 Å². The number of hydrogen-bond acceptors (Lipinski definition) is 4. The van der Waals surface area contributed by atoms with Crippen LogP contribution in [0.5, 0.6) is 0 Å². The minimum Gasteiger partial charge on any atom is -0.332 e. The highest BCUT2D eigenvalue weighted by Gasteiger charge is 2.20. The van der Waals surface area contributed by atoms with Crippen LogP contribution in [0.15, 0.2) is 36.4 Å². The van der Waals surface area contributed by atoms with Crippen LogP contribution in [0.1, 0.15) is 21.5 Å². The molecule has 2 amide bonds. The first-order valence-electron chi connectivity index (χ1n) is 7.76. The molecule has 0 heterocycles. The van der Waals surface area contributed by atoms with Crippen molar-refractivity contribution in [3.8, 4) is 0 Å². The van der Waals surface area contributed by atoms with E-state index in [9.17, 15) is 19.7 Å². The van der Waals surface area contributed by atoms with E-state index in [2.05, 4.69) is 5.32 Å². The van der Waals surface area contributed by atoms with Crippen molar-refractivity contribution in [3.63, 3.8) is 0 Å². The van der Waals surface area contributed by atoms with Gasteiger partial charge in [0.1, 0.15) is 0 Å². The van der Waals surface area contributed by atoms with Gasteiger partial charge in [-0.3, -0.25) is 19.7 Å². The maximum absolute atomic E-state index is 12.4. The summed E-state index contributed by atoms with van der Waals surface area (Å²) in [5.41, 5.74) is 2.57. The molecule has 2 rings (SSSR count). The predicted molar refractivity (Wildman–Crippen MR) is 99.6 cm³/mol. The van der Waals surface area contributed by atoms with Crippen LogP contribution in [0.2, 0.25) is 5.02 Å². The van der Waals surface area contributed by atoms with Gasteiger partial charge in [0.05, 0.1) is 22.1 Å². The van der Waals surface area contributed by atoms with Gasteiger partial charge in [-0.05, 0) is 37.1 Å². The number of aryl methyl sites for hydroxylation is 1. The number of likely N-dealkylation sites (N-methyl/N-ethyl adjacent to an activating group) is 1. The minimum atomic E-state index is -0.596. The molecule has 136 valence electrons. The van der Waals surface area contributed by atoms with Crippen molar-refractivity contribution in [2.24, 2.45) is 0 Å². The fourth-order valence-electron chi connectivity index (χ4n) is 2.36. The summed E-state index contributed by atoms with van der Waals surface area (Å²) in [6.07, 6.45) is 0. The van der Waals surface area contributed by atoms with Crippen LogP contribution in [0.3, 0.4) is 0 Å². The number of hydrogen-bond donors (Lipinski definition) is 1. The van der Waals surface area contributed by atoms with Crippen LogP contribution < -0.4 is 5.32 Å². The summed E-state index contributed by atoms with van der Waals surface area (Å²) in [6.45, 7) is 3.66. The van der Waals surface area contributed by atoms with Gasteiger partial charge in [-0.2, -0.15) is 0 Å². The number of benzene rings is 2. The zero-order valence-electron chi connectivity index (χ0n) is 14.6. The molecule has 0 aliphatic rings. The summed E-state index contributed by atoms with van der Waals surface area (Å²) in [7, 11) is 1.46. The molecule has 2 aromatic carbocycles. The van der Waals surface area contributed by atoms with Gasteiger partial charge in [0.15, 0.2) is 0 Å². The zero-order chi connectivity index (χ0) is 19.4. The third-order valence-electron chi connectivity index (χ3n) is 4.00. The lowest BCUT2D eigenvalue weighted by Crippen LogP contribution is -2.35. The molecule has 0 saturated carbocycles. The second-order valence-corrected chi connectivity index (χ2v) is 6.29. The van der Waals surface area contributed by atoms with Crippen molar-refractivity contribution in [2.45, 2.75) is 13.8 Å². The third kappa shape index (κ3) is 4.37. The fourth-order valence-corrected chi connectivity index (χ4v) is 2.62. The standard InChI is InChI=1S/C18H18ClN3O4/c1-11-5-4-6-16(12(11)2)20-17(23)10-21(3)18(24)14-8-7-13(22(25)26)9-15(14)19/h4-9H,10H2,1-3H3,(H,20,23). The molecule has 2 aromatic rings. The molecular weight excluding hydrogens is 358 g/mol. The number of rotatable bonds is 5. The second-order valence-electron chi connectivity index (χ2n) is 5.88. The van der Waals surface area contributed by atoms with E-state index < -0.39 is 10.8 Å². The molecule has 26 heavy (non-hydrogen) atoms. The largest absolute Gasteiger partial charge is 0.332 e. The maximum atomic E-state index is 12.4. The predicted octanol–water partition coefficient (Wildman–Crippen LogP) is 3.58. The van der Waals surface area contributed by atoms with Crippen LogP contribution in [-0.2, 0) is 4.79 Å².